The van der Waals surface area contributed by atoms with Crippen LogP contribution in [-0.4, -0.2) is 23.3 Å². The highest BCUT2D eigenvalue weighted by Gasteiger charge is 2.30. The van der Waals surface area contributed by atoms with Crippen molar-refractivity contribution in [2.75, 3.05) is 18.0 Å². The fourth-order valence-electron chi connectivity index (χ4n) is 1.60. The minimum atomic E-state index is 0.429. The van der Waals surface area contributed by atoms with Gasteiger partial charge in [-0.15, -0.1) is 10.2 Å². The van der Waals surface area contributed by atoms with Crippen LogP contribution in [0.15, 0.2) is 3.92 Å². The third-order valence-corrected chi connectivity index (χ3v) is 3.75. The molecule has 5 heteroatoms. The second-order valence-corrected chi connectivity index (χ2v) is 6.41. The molecule has 0 radical (unpaired) electrons. The number of halogens is 1. The summed E-state index contributed by atoms with van der Waals surface area (Å²) in [4.78, 5) is 2.31. The van der Waals surface area contributed by atoms with E-state index in [9.17, 15) is 0 Å². The monoisotopic (exact) mass is 261 g/mol. The average molecular weight is 262 g/mol. The van der Waals surface area contributed by atoms with Gasteiger partial charge in [-0.1, -0.05) is 25.2 Å². The Morgan fingerprint density at radius 1 is 1.46 bits per heavy atom. The van der Waals surface area contributed by atoms with Crippen molar-refractivity contribution in [3.63, 3.8) is 0 Å². The van der Waals surface area contributed by atoms with Gasteiger partial charge < -0.3 is 4.90 Å². The number of anilines is 1. The van der Waals surface area contributed by atoms with Crippen molar-refractivity contribution in [1.82, 2.24) is 10.2 Å². The summed E-state index contributed by atoms with van der Waals surface area (Å²) in [6, 6.07) is 0. The Balaban J connectivity index is 2.12. The Kier molecular flexibility index (Phi) is 2.32. The van der Waals surface area contributed by atoms with Crippen LogP contribution in [0.5, 0.6) is 0 Å². The molecule has 0 unspecified atom stereocenters. The second-order valence-electron chi connectivity index (χ2n) is 4.17. The van der Waals surface area contributed by atoms with E-state index < -0.39 is 0 Å². The van der Waals surface area contributed by atoms with Gasteiger partial charge in [-0.3, -0.25) is 0 Å². The Labute approximate surface area is 90.3 Å². The minimum absolute atomic E-state index is 0.429. The topological polar surface area (TPSA) is 29.0 Å². The molecule has 0 saturated carbocycles. The van der Waals surface area contributed by atoms with E-state index in [0.717, 1.165) is 22.1 Å². The predicted octanol–water partition coefficient (Wildman–Crippen LogP) is 2.54. The Bertz CT molecular complexity index is 310. The molecule has 2 rings (SSSR count). The summed E-state index contributed by atoms with van der Waals surface area (Å²) in [5.41, 5.74) is 0.429. The zero-order valence-electron chi connectivity index (χ0n) is 7.75. The Morgan fingerprint density at radius 2 is 2.23 bits per heavy atom. The van der Waals surface area contributed by atoms with Gasteiger partial charge in [0.2, 0.25) is 5.13 Å². The lowest BCUT2D eigenvalue weighted by molar-refractivity contribution is 0.418. The van der Waals surface area contributed by atoms with Crippen molar-refractivity contribution in [3.8, 4) is 0 Å². The molecule has 13 heavy (non-hydrogen) atoms. The molecule has 0 N–H and O–H groups in total. The maximum Gasteiger partial charge on any atom is 0.209 e. The molecule has 0 atom stereocenters. The number of nitrogens with zero attached hydrogens (tertiary/aromatic N) is 3. The summed E-state index contributed by atoms with van der Waals surface area (Å²) >= 11 is 4.93. The van der Waals surface area contributed by atoms with E-state index in [2.05, 4.69) is 44.9 Å². The lowest BCUT2D eigenvalue weighted by Gasteiger charge is -2.18. The predicted molar refractivity (Wildman–Crippen MR) is 58.2 cm³/mol. The first-order valence-corrected chi connectivity index (χ1v) is 5.92. The molecule has 1 saturated heterocycles. The van der Waals surface area contributed by atoms with E-state index in [4.69, 9.17) is 0 Å². The van der Waals surface area contributed by atoms with Gasteiger partial charge in [-0.05, 0) is 27.8 Å². The van der Waals surface area contributed by atoms with Crippen molar-refractivity contribution >= 4 is 32.4 Å². The molecular weight excluding hydrogens is 250 g/mol. The van der Waals surface area contributed by atoms with Gasteiger partial charge in [0, 0.05) is 13.1 Å². The normalized spacial score (nSPS) is 21.0. The van der Waals surface area contributed by atoms with Crippen LogP contribution in [0.1, 0.15) is 20.3 Å². The van der Waals surface area contributed by atoms with Crippen LogP contribution in [0.25, 0.3) is 0 Å². The van der Waals surface area contributed by atoms with Crippen molar-refractivity contribution in [2.45, 2.75) is 20.3 Å². The highest BCUT2D eigenvalue weighted by atomic mass is 79.9. The van der Waals surface area contributed by atoms with E-state index >= 15 is 0 Å². The zero-order chi connectivity index (χ0) is 9.47. The first kappa shape index (κ1) is 9.40. The molecule has 1 aliphatic heterocycles. The highest BCUT2D eigenvalue weighted by molar-refractivity contribution is 9.11. The lowest BCUT2D eigenvalue weighted by Crippen LogP contribution is -2.22. The van der Waals surface area contributed by atoms with Gasteiger partial charge in [0.25, 0.3) is 0 Å². The smallest absolute Gasteiger partial charge is 0.209 e. The molecular formula is C8H12BrN3S. The van der Waals surface area contributed by atoms with E-state index in [1.165, 1.54) is 6.42 Å². The maximum atomic E-state index is 4.11. The van der Waals surface area contributed by atoms with E-state index in [1.807, 2.05) is 0 Å². The van der Waals surface area contributed by atoms with E-state index in [-0.39, 0.29) is 0 Å². The molecule has 0 amide bonds. The SMILES string of the molecule is CC1(C)CCN(c2nnc(Br)s2)C1. The van der Waals surface area contributed by atoms with Gasteiger partial charge in [0.1, 0.15) is 0 Å². The van der Waals surface area contributed by atoms with Crippen LogP contribution < -0.4 is 4.90 Å². The molecule has 0 aliphatic carbocycles. The fraction of sp³-hybridized carbons (Fsp3) is 0.750. The summed E-state index contributed by atoms with van der Waals surface area (Å²) < 4.78 is 0.868. The molecule has 0 bridgehead atoms. The van der Waals surface area contributed by atoms with Crippen LogP contribution in [0.4, 0.5) is 5.13 Å². The standard InChI is InChI=1S/C8H12BrN3S/c1-8(2)3-4-12(5-8)7-11-10-6(9)13-7/h3-5H2,1-2H3. The summed E-state index contributed by atoms with van der Waals surface area (Å²) in [6.07, 6.45) is 1.24. The molecule has 1 aromatic rings. The quantitative estimate of drug-likeness (QED) is 0.778. The summed E-state index contributed by atoms with van der Waals surface area (Å²) in [5, 5.41) is 9.10. The zero-order valence-corrected chi connectivity index (χ0v) is 10.2. The maximum absolute atomic E-state index is 4.11. The Hall–Kier alpha value is -0.160. The molecule has 0 spiro atoms. The molecule has 2 heterocycles. The first-order valence-electron chi connectivity index (χ1n) is 4.31. The molecule has 72 valence electrons. The molecule has 1 aromatic heterocycles. The Morgan fingerprint density at radius 3 is 2.69 bits per heavy atom. The van der Waals surface area contributed by atoms with Crippen LogP contribution in [0, 0.1) is 5.41 Å². The van der Waals surface area contributed by atoms with Gasteiger partial charge in [-0.2, -0.15) is 0 Å². The van der Waals surface area contributed by atoms with Crippen molar-refractivity contribution in [2.24, 2.45) is 5.41 Å². The third kappa shape index (κ3) is 2.02. The van der Waals surface area contributed by atoms with Gasteiger partial charge in [-0.25, -0.2) is 0 Å². The van der Waals surface area contributed by atoms with Crippen LogP contribution in [0.3, 0.4) is 0 Å². The van der Waals surface area contributed by atoms with Crippen molar-refractivity contribution < 1.29 is 0 Å². The van der Waals surface area contributed by atoms with E-state index in [1.54, 1.807) is 11.3 Å². The van der Waals surface area contributed by atoms with Gasteiger partial charge in [0.05, 0.1) is 0 Å². The summed E-state index contributed by atoms with van der Waals surface area (Å²) in [7, 11) is 0. The van der Waals surface area contributed by atoms with Crippen molar-refractivity contribution in [3.05, 3.63) is 3.92 Å². The molecule has 3 nitrogen and oxygen atoms in total. The van der Waals surface area contributed by atoms with E-state index in [0.29, 0.717) is 5.41 Å². The number of rotatable bonds is 1. The number of hydrogen-bond acceptors (Lipinski definition) is 4. The third-order valence-electron chi connectivity index (χ3n) is 2.34. The van der Waals surface area contributed by atoms with Crippen LogP contribution in [-0.2, 0) is 0 Å². The second kappa shape index (κ2) is 3.20. The van der Waals surface area contributed by atoms with Crippen molar-refractivity contribution in [1.29, 1.82) is 0 Å². The lowest BCUT2D eigenvalue weighted by atomic mass is 9.93. The van der Waals surface area contributed by atoms with Gasteiger partial charge in [0.15, 0.2) is 3.92 Å². The first-order chi connectivity index (χ1) is 6.07. The summed E-state index contributed by atoms with van der Waals surface area (Å²) in [6.45, 7) is 6.79. The summed E-state index contributed by atoms with van der Waals surface area (Å²) in [5.74, 6) is 0. The molecule has 1 fully saturated rings. The largest absolute Gasteiger partial charge is 0.346 e. The highest BCUT2D eigenvalue weighted by Crippen LogP contribution is 2.34. The fourth-order valence-corrected chi connectivity index (χ4v) is 2.71. The number of hydrogen-bond donors (Lipinski definition) is 0. The minimum Gasteiger partial charge on any atom is -0.346 e. The molecule has 0 aromatic carbocycles. The molecule has 1 aliphatic rings. The van der Waals surface area contributed by atoms with Crippen LogP contribution >= 0.6 is 27.3 Å². The average Bonchev–Trinajstić information content (AvgIpc) is 2.56. The van der Waals surface area contributed by atoms with Gasteiger partial charge >= 0.3 is 0 Å². The number of aromatic nitrogens is 2. The van der Waals surface area contributed by atoms with Crippen LogP contribution in [0.2, 0.25) is 0 Å².